The molecule has 1 aliphatic heterocycles. The molecule has 2 unspecified atom stereocenters. The number of nitrogens with two attached hydrogens (primary N) is 1. The zero-order valence-corrected chi connectivity index (χ0v) is 14.1. The number of hydrogen-bond acceptors (Lipinski definition) is 3. The Labute approximate surface area is 134 Å². The highest BCUT2D eigenvalue weighted by molar-refractivity contribution is 9.10. The van der Waals surface area contributed by atoms with Crippen molar-refractivity contribution in [1.29, 1.82) is 0 Å². The molecule has 2 N–H and O–H groups in total. The average molecular weight is 349 g/mol. The van der Waals surface area contributed by atoms with Crippen LogP contribution in [0.2, 0.25) is 0 Å². The van der Waals surface area contributed by atoms with Gasteiger partial charge in [-0.05, 0) is 61.0 Å². The van der Waals surface area contributed by atoms with E-state index < -0.39 is 0 Å². The molecule has 21 heavy (non-hydrogen) atoms. The summed E-state index contributed by atoms with van der Waals surface area (Å²) >= 11 is 3.55. The van der Waals surface area contributed by atoms with E-state index in [1.165, 1.54) is 16.3 Å². The predicted octanol–water partition coefficient (Wildman–Crippen LogP) is 3.56. The number of nitrogens with zero attached hydrogens (tertiary/aromatic N) is 1. The lowest BCUT2D eigenvalue weighted by Gasteiger charge is -2.22. The van der Waals surface area contributed by atoms with Crippen molar-refractivity contribution in [1.82, 2.24) is 4.90 Å². The standard InChI is InChI=1S/C17H21BrN2O/c1-20-10-11(9-19)5-16(20)15-7-13-6-14(18)4-3-12(13)8-17(15)21-2/h3-4,6-8,11,16H,5,9-10,19H2,1-2H3. The fourth-order valence-electron chi connectivity index (χ4n) is 3.34. The van der Waals surface area contributed by atoms with E-state index in [0.717, 1.165) is 29.7 Å². The third-order valence-electron chi connectivity index (χ3n) is 4.48. The molecule has 0 radical (unpaired) electrons. The molecule has 2 aromatic carbocycles. The van der Waals surface area contributed by atoms with Crippen molar-refractivity contribution in [3.05, 3.63) is 40.4 Å². The second-order valence-electron chi connectivity index (χ2n) is 5.88. The Balaban J connectivity index is 2.08. The molecule has 0 spiro atoms. The third kappa shape index (κ3) is 2.80. The van der Waals surface area contributed by atoms with Gasteiger partial charge in [0.15, 0.2) is 0 Å². The van der Waals surface area contributed by atoms with Gasteiger partial charge in [0.1, 0.15) is 5.75 Å². The van der Waals surface area contributed by atoms with Gasteiger partial charge in [0, 0.05) is 22.6 Å². The molecule has 0 saturated carbocycles. The Morgan fingerprint density at radius 1 is 1.29 bits per heavy atom. The molecule has 3 rings (SSSR count). The number of rotatable bonds is 3. The second kappa shape index (κ2) is 5.95. The second-order valence-corrected chi connectivity index (χ2v) is 6.79. The number of ether oxygens (including phenoxy) is 1. The fourth-order valence-corrected chi connectivity index (χ4v) is 3.72. The van der Waals surface area contributed by atoms with E-state index in [9.17, 15) is 0 Å². The van der Waals surface area contributed by atoms with E-state index in [4.69, 9.17) is 10.5 Å². The average Bonchev–Trinajstić information content (AvgIpc) is 2.86. The topological polar surface area (TPSA) is 38.5 Å². The summed E-state index contributed by atoms with van der Waals surface area (Å²) in [5.41, 5.74) is 7.12. The van der Waals surface area contributed by atoms with Crippen molar-refractivity contribution in [2.24, 2.45) is 11.7 Å². The van der Waals surface area contributed by atoms with Crippen LogP contribution in [0.25, 0.3) is 10.8 Å². The number of benzene rings is 2. The summed E-state index contributed by atoms with van der Waals surface area (Å²) in [6.45, 7) is 1.81. The van der Waals surface area contributed by atoms with Crippen molar-refractivity contribution in [3.63, 3.8) is 0 Å². The summed E-state index contributed by atoms with van der Waals surface area (Å²) in [6, 6.07) is 11.1. The van der Waals surface area contributed by atoms with E-state index in [1.54, 1.807) is 7.11 Å². The van der Waals surface area contributed by atoms with E-state index >= 15 is 0 Å². The minimum absolute atomic E-state index is 0.386. The Bertz CT molecular complexity index is 659. The maximum Gasteiger partial charge on any atom is 0.124 e. The first kappa shape index (κ1) is 14.8. The van der Waals surface area contributed by atoms with Gasteiger partial charge >= 0.3 is 0 Å². The SMILES string of the molecule is COc1cc2ccc(Br)cc2cc1C1CC(CN)CN1C. The highest BCUT2D eigenvalue weighted by Crippen LogP contribution is 2.40. The Morgan fingerprint density at radius 3 is 2.76 bits per heavy atom. The molecule has 112 valence electrons. The lowest BCUT2D eigenvalue weighted by atomic mass is 9.96. The van der Waals surface area contributed by atoms with Gasteiger partial charge in [0.25, 0.3) is 0 Å². The van der Waals surface area contributed by atoms with Crippen molar-refractivity contribution in [2.75, 3.05) is 27.2 Å². The van der Waals surface area contributed by atoms with Gasteiger partial charge in [-0.2, -0.15) is 0 Å². The Morgan fingerprint density at radius 2 is 2.10 bits per heavy atom. The molecular formula is C17H21BrN2O. The van der Waals surface area contributed by atoms with Crippen LogP contribution in [0.4, 0.5) is 0 Å². The zero-order chi connectivity index (χ0) is 15.0. The fraction of sp³-hybridized carbons (Fsp3) is 0.412. The molecule has 2 atom stereocenters. The van der Waals surface area contributed by atoms with Crippen molar-refractivity contribution in [3.8, 4) is 5.75 Å². The van der Waals surface area contributed by atoms with Gasteiger partial charge in [-0.15, -0.1) is 0 Å². The summed E-state index contributed by atoms with van der Waals surface area (Å²) in [5, 5.41) is 2.44. The first-order valence-corrected chi connectivity index (χ1v) is 8.09. The van der Waals surface area contributed by atoms with E-state index in [-0.39, 0.29) is 0 Å². The van der Waals surface area contributed by atoms with Crippen molar-refractivity contribution in [2.45, 2.75) is 12.5 Å². The maximum absolute atomic E-state index is 5.85. The summed E-state index contributed by atoms with van der Waals surface area (Å²) in [7, 11) is 3.92. The van der Waals surface area contributed by atoms with E-state index in [2.05, 4.69) is 58.2 Å². The van der Waals surface area contributed by atoms with E-state index in [1.807, 2.05) is 0 Å². The molecule has 0 bridgehead atoms. The highest BCUT2D eigenvalue weighted by atomic mass is 79.9. The van der Waals surface area contributed by atoms with Gasteiger partial charge in [-0.3, -0.25) is 4.90 Å². The normalized spacial score (nSPS) is 22.9. The molecule has 1 saturated heterocycles. The van der Waals surface area contributed by atoms with Crippen LogP contribution in [-0.2, 0) is 0 Å². The first-order valence-electron chi connectivity index (χ1n) is 7.30. The Hall–Kier alpha value is -1.10. The predicted molar refractivity (Wildman–Crippen MR) is 90.7 cm³/mol. The zero-order valence-electron chi connectivity index (χ0n) is 12.5. The van der Waals surface area contributed by atoms with E-state index in [0.29, 0.717) is 12.0 Å². The van der Waals surface area contributed by atoms with Gasteiger partial charge in [0.2, 0.25) is 0 Å². The summed E-state index contributed by atoms with van der Waals surface area (Å²) < 4.78 is 6.75. The molecule has 1 aliphatic rings. The molecule has 0 aliphatic carbocycles. The van der Waals surface area contributed by atoms with Gasteiger partial charge in [-0.25, -0.2) is 0 Å². The molecule has 1 fully saturated rings. The highest BCUT2D eigenvalue weighted by Gasteiger charge is 2.31. The van der Waals surface area contributed by atoms with Crippen LogP contribution in [0.15, 0.2) is 34.8 Å². The van der Waals surface area contributed by atoms with Crippen LogP contribution < -0.4 is 10.5 Å². The minimum atomic E-state index is 0.386. The number of hydrogen-bond donors (Lipinski definition) is 1. The number of methoxy groups -OCH3 is 1. The van der Waals surface area contributed by atoms with Gasteiger partial charge in [0.05, 0.1) is 7.11 Å². The van der Waals surface area contributed by atoms with Crippen LogP contribution in [0.3, 0.4) is 0 Å². The van der Waals surface area contributed by atoms with Crippen LogP contribution in [-0.4, -0.2) is 32.1 Å². The number of likely N-dealkylation sites (tertiary alicyclic amines) is 1. The monoisotopic (exact) mass is 348 g/mol. The molecule has 1 heterocycles. The quantitative estimate of drug-likeness (QED) is 0.921. The largest absolute Gasteiger partial charge is 0.496 e. The van der Waals surface area contributed by atoms with Gasteiger partial charge in [-0.1, -0.05) is 22.0 Å². The lowest BCUT2D eigenvalue weighted by Crippen LogP contribution is -2.20. The van der Waals surface area contributed by atoms with Crippen LogP contribution >= 0.6 is 15.9 Å². The molecule has 2 aromatic rings. The maximum atomic E-state index is 5.85. The van der Waals surface area contributed by atoms with Crippen molar-refractivity contribution >= 4 is 26.7 Å². The van der Waals surface area contributed by atoms with Gasteiger partial charge < -0.3 is 10.5 Å². The van der Waals surface area contributed by atoms with Crippen molar-refractivity contribution < 1.29 is 4.74 Å². The summed E-state index contributed by atoms with van der Waals surface area (Å²) in [4.78, 5) is 2.39. The summed E-state index contributed by atoms with van der Waals surface area (Å²) in [5.74, 6) is 1.54. The summed E-state index contributed by atoms with van der Waals surface area (Å²) in [6.07, 6.45) is 1.10. The van der Waals surface area contributed by atoms with Crippen LogP contribution in [0.5, 0.6) is 5.75 Å². The lowest BCUT2D eigenvalue weighted by molar-refractivity contribution is 0.303. The number of halogens is 1. The molecule has 0 amide bonds. The molecule has 3 nitrogen and oxygen atoms in total. The molecular weight excluding hydrogens is 328 g/mol. The Kier molecular flexibility index (Phi) is 4.20. The number of fused-ring (bicyclic) bond motifs is 1. The molecule has 0 aromatic heterocycles. The third-order valence-corrected chi connectivity index (χ3v) is 4.97. The van der Waals surface area contributed by atoms with Crippen LogP contribution in [0.1, 0.15) is 18.0 Å². The smallest absolute Gasteiger partial charge is 0.124 e. The van der Waals surface area contributed by atoms with Crippen LogP contribution in [0, 0.1) is 5.92 Å². The molecule has 4 heteroatoms. The first-order chi connectivity index (χ1) is 10.1. The minimum Gasteiger partial charge on any atom is -0.496 e.